The van der Waals surface area contributed by atoms with Crippen molar-refractivity contribution in [3.63, 3.8) is 0 Å². The molecule has 2 aromatic carbocycles. The third kappa shape index (κ3) is 5.88. The number of aromatic nitrogens is 3. The molecule has 0 fully saturated rings. The number of hydrogen-bond acceptors (Lipinski definition) is 6. The van der Waals surface area contributed by atoms with Gasteiger partial charge in [-0.25, -0.2) is 22.8 Å². The average Bonchev–Trinajstić information content (AvgIpc) is 3.43. The summed E-state index contributed by atoms with van der Waals surface area (Å²) in [7, 11) is -0.165. The van der Waals surface area contributed by atoms with Crippen LogP contribution in [0.2, 0.25) is 0 Å². The van der Waals surface area contributed by atoms with Crippen LogP contribution < -0.4 is 4.90 Å². The van der Waals surface area contributed by atoms with Gasteiger partial charge in [0.15, 0.2) is 0 Å². The molecule has 0 spiro atoms. The van der Waals surface area contributed by atoms with Gasteiger partial charge in [0, 0.05) is 52.1 Å². The molecular formula is C29H32FN5O3S. The molecule has 0 aliphatic carbocycles. The van der Waals surface area contributed by atoms with E-state index in [9.17, 15) is 12.8 Å². The van der Waals surface area contributed by atoms with E-state index in [0.717, 1.165) is 34.4 Å². The number of nitrogens with zero attached hydrogens (tertiary/aromatic N) is 5. The van der Waals surface area contributed by atoms with E-state index in [-0.39, 0.29) is 10.7 Å². The summed E-state index contributed by atoms with van der Waals surface area (Å²) in [5.41, 5.74) is 5.23. The van der Waals surface area contributed by atoms with Crippen LogP contribution >= 0.6 is 0 Å². The number of likely N-dealkylation sites (N-methyl/N-ethyl adjacent to an activating group) is 1. The lowest BCUT2D eigenvalue weighted by Crippen LogP contribution is -2.36. The summed E-state index contributed by atoms with van der Waals surface area (Å²) >= 11 is 0. The highest BCUT2D eigenvalue weighted by atomic mass is 32.2. The van der Waals surface area contributed by atoms with Gasteiger partial charge in [-0.05, 0) is 53.8 Å². The fourth-order valence-electron chi connectivity index (χ4n) is 4.90. The minimum Gasteiger partial charge on any atom is -0.383 e. The molecule has 8 nitrogen and oxygen atoms in total. The van der Waals surface area contributed by atoms with Crippen molar-refractivity contribution >= 4 is 15.8 Å². The molecule has 0 radical (unpaired) electrons. The standard InChI is InChI=1S/C29H32FN5O3S/c1-33(16-17-38-2)29-11-10-25(18-32-29)39(36,37)35-15-13-26-23(20-35)4-3-5-27(26)28-19-31-21-34(28)14-12-22-6-8-24(30)9-7-22/h3-11,18-19,21H,12-17,20H2,1-2H3. The average molecular weight is 550 g/mol. The highest BCUT2D eigenvalue weighted by molar-refractivity contribution is 7.89. The van der Waals surface area contributed by atoms with E-state index in [0.29, 0.717) is 45.0 Å². The van der Waals surface area contributed by atoms with Crippen molar-refractivity contribution in [1.82, 2.24) is 18.8 Å². The molecule has 3 heterocycles. The lowest BCUT2D eigenvalue weighted by atomic mass is 9.94. The van der Waals surface area contributed by atoms with Gasteiger partial charge in [-0.1, -0.05) is 30.3 Å². The van der Waals surface area contributed by atoms with E-state index < -0.39 is 10.0 Å². The number of halogens is 1. The van der Waals surface area contributed by atoms with Crippen LogP contribution in [0.15, 0.2) is 78.2 Å². The van der Waals surface area contributed by atoms with Crippen LogP contribution in [0.1, 0.15) is 16.7 Å². The number of methoxy groups -OCH3 is 1. The molecule has 0 saturated carbocycles. The molecule has 10 heteroatoms. The second-order valence-electron chi connectivity index (χ2n) is 9.65. The SMILES string of the molecule is COCCN(C)c1ccc(S(=O)(=O)N2CCc3c(cccc3-c3cncn3CCc3ccc(F)cc3)C2)cn1. The van der Waals surface area contributed by atoms with Crippen LogP contribution in [0.5, 0.6) is 0 Å². The number of hydrogen-bond donors (Lipinski definition) is 0. The normalized spacial score (nSPS) is 13.8. The Balaban J connectivity index is 1.32. The summed E-state index contributed by atoms with van der Waals surface area (Å²) in [6, 6.07) is 15.9. The minimum atomic E-state index is -3.70. The molecule has 0 amide bonds. The Labute approximate surface area is 228 Å². The number of benzene rings is 2. The Bertz CT molecular complexity index is 1520. The first-order chi connectivity index (χ1) is 18.9. The number of sulfonamides is 1. The van der Waals surface area contributed by atoms with Gasteiger partial charge in [0.05, 0.1) is 24.8 Å². The lowest BCUT2D eigenvalue weighted by Gasteiger charge is -2.29. The number of aryl methyl sites for hydroxylation is 2. The van der Waals surface area contributed by atoms with Crippen molar-refractivity contribution < 1.29 is 17.5 Å². The summed E-state index contributed by atoms with van der Waals surface area (Å²) in [5.74, 6) is 0.448. The van der Waals surface area contributed by atoms with Gasteiger partial charge in [0.25, 0.3) is 0 Å². The third-order valence-corrected chi connectivity index (χ3v) is 8.98. The van der Waals surface area contributed by atoms with Gasteiger partial charge >= 0.3 is 0 Å². The van der Waals surface area contributed by atoms with E-state index >= 15 is 0 Å². The first-order valence-corrected chi connectivity index (χ1v) is 14.3. The smallest absolute Gasteiger partial charge is 0.244 e. The third-order valence-electron chi connectivity index (χ3n) is 7.15. The summed E-state index contributed by atoms with van der Waals surface area (Å²) in [5, 5.41) is 0. The van der Waals surface area contributed by atoms with Crippen molar-refractivity contribution in [1.29, 1.82) is 0 Å². The van der Waals surface area contributed by atoms with Crippen molar-refractivity contribution in [3.8, 4) is 11.3 Å². The number of pyridine rings is 1. The Morgan fingerprint density at radius 2 is 1.90 bits per heavy atom. The van der Waals surface area contributed by atoms with Crippen molar-refractivity contribution in [2.45, 2.75) is 30.8 Å². The summed E-state index contributed by atoms with van der Waals surface area (Å²) < 4.78 is 48.9. The molecule has 0 N–H and O–H groups in total. The first kappa shape index (κ1) is 27.0. The molecule has 0 unspecified atom stereocenters. The highest BCUT2D eigenvalue weighted by Gasteiger charge is 2.30. The van der Waals surface area contributed by atoms with Crippen LogP contribution in [-0.4, -0.2) is 61.1 Å². The van der Waals surface area contributed by atoms with Crippen LogP contribution in [0.3, 0.4) is 0 Å². The minimum absolute atomic E-state index is 0.185. The summed E-state index contributed by atoms with van der Waals surface area (Å²) in [4.78, 5) is 10.9. The molecular weight excluding hydrogens is 517 g/mol. The fraction of sp³-hybridized carbons (Fsp3) is 0.310. The van der Waals surface area contributed by atoms with Crippen LogP contribution in [0.25, 0.3) is 11.3 Å². The fourth-order valence-corrected chi connectivity index (χ4v) is 6.26. The zero-order chi connectivity index (χ0) is 27.4. The maximum absolute atomic E-state index is 13.5. The maximum atomic E-state index is 13.5. The number of imidazole rings is 1. The maximum Gasteiger partial charge on any atom is 0.244 e. The molecule has 1 aliphatic heterocycles. The van der Waals surface area contributed by atoms with Gasteiger partial charge in [0.2, 0.25) is 10.0 Å². The summed E-state index contributed by atoms with van der Waals surface area (Å²) in [6.07, 6.45) is 6.43. The molecule has 0 saturated heterocycles. The number of anilines is 1. The van der Waals surface area contributed by atoms with Crippen LogP contribution in [-0.2, 0) is 40.7 Å². The monoisotopic (exact) mass is 549 g/mol. The molecule has 1 aliphatic rings. The molecule has 0 atom stereocenters. The topological polar surface area (TPSA) is 80.6 Å². The Kier molecular flexibility index (Phi) is 8.06. The van der Waals surface area contributed by atoms with E-state index in [4.69, 9.17) is 4.74 Å². The van der Waals surface area contributed by atoms with Crippen LogP contribution in [0.4, 0.5) is 10.2 Å². The second-order valence-corrected chi connectivity index (χ2v) is 11.6. The van der Waals surface area contributed by atoms with E-state index in [1.165, 1.54) is 22.6 Å². The predicted molar refractivity (Wildman–Crippen MR) is 148 cm³/mol. The zero-order valence-corrected chi connectivity index (χ0v) is 22.9. The zero-order valence-electron chi connectivity index (χ0n) is 22.1. The van der Waals surface area contributed by atoms with Gasteiger partial charge < -0.3 is 14.2 Å². The quantitative estimate of drug-likeness (QED) is 0.296. The van der Waals surface area contributed by atoms with Crippen molar-refractivity contribution in [2.24, 2.45) is 0 Å². The number of ether oxygens (including phenoxy) is 1. The Morgan fingerprint density at radius 1 is 1.08 bits per heavy atom. The molecule has 204 valence electrons. The van der Waals surface area contributed by atoms with Gasteiger partial charge in [-0.15, -0.1) is 0 Å². The lowest BCUT2D eigenvalue weighted by molar-refractivity contribution is 0.206. The van der Waals surface area contributed by atoms with E-state index in [1.807, 2.05) is 30.3 Å². The van der Waals surface area contributed by atoms with E-state index in [2.05, 4.69) is 20.6 Å². The first-order valence-electron chi connectivity index (χ1n) is 12.9. The second kappa shape index (κ2) is 11.6. The van der Waals surface area contributed by atoms with E-state index in [1.54, 1.807) is 37.7 Å². The number of rotatable bonds is 10. The van der Waals surface area contributed by atoms with Gasteiger partial charge in [0.1, 0.15) is 16.5 Å². The van der Waals surface area contributed by atoms with Crippen molar-refractivity contribution in [3.05, 3.63) is 95.8 Å². The number of fused-ring (bicyclic) bond motifs is 1. The summed E-state index contributed by atoms with van der Waals surface area (Å²) in [6.45, 7) is 2.60. The van der Waals surface area contributed by atoms with Crippen LogP contribution in [0, 0.1) is 5.82 Å². The largest absolute Gasteiger partial charge is 0.383 e. The molecule has 4 aromatic rings. The van der Waals surface area contributed by atoms with Gasteiger partial charge in [-0.3, -0.25) is 0 Å². The van der Waals surface area contributed by atoms with Crippen molar-refractivity contribution in [2.75, 3.05) is 38.8 Å². The Hall–Kier alpha value is -3.60. The molecule has 39 heavy (non-hydrogen) atoms. The Morgan fingerprint density at radius 3 is 2.64 bits per heavy atom. The highest BCUT2D eigenvalue weighted by Crippen LogP contribution is 2.32. The predicted octanol–water partition coefficient (Wildman–Crippen LogP) is 4.16. The molecule has 2 aromatic heterocycles. The van der Waals surface area contributed by atoms with Gasteiger partial charge in [-0.2, -0.15) is 4.31 Å². The molecule has 5 rings (SSSR count). The molecule has 0 bridgehead atoms.